The lowest BCUT2D eigenvalue weighted by atomic mass is 9.96. The largest absolute Gasteiger partial charge is 0.356 e. The molecule has 0 aromatic carbocycles. The van der Waals surface area contributed by atoms with Gasteiger partial charge in [-0.2, -0.15) is 0 Å². The smallest absolute Gasteiger partial charge is 0.225 e. The molecule has 1 aliphatic heterocycles. The van der Waals surface area contributed by atoms with Crippen LogP contribution < -0.4 is 5.32 Å². The summed E-state index contributed by atoms with van der Waals surface area (Å²) in [6, 6.07) is 4.24. The van der Waals surface area contributed by atoms with Crippen LogP contribution in [0.15, 0.2) is 17.5 Å². The van der Waals surface area contributed by atoms with Crippen molar-refractivity contribution in [3.63, 3.8) is 0 Å². The van der Waals surface area contributed by atoms with Crippen LogP contribution in [0.5, 0.6) is 0 Å². The Bertz CT molecular complexity index is 529. The molecule has 1 fully saturated rings. The first-order valence-electron chi connectivity index (χ1n) is 8.67. The quantitative estimate of drug-likeness (QED) is 0.801. The fraction of sp³-hybridized carbons (Fsp3) is 0.667. The summed E-state index contributed by atoms with van der Waals surface area (Å²) >= 11 is 1.78. The number of rotatable bonds is 6. The average Bonchev–Trinajstić information content (AvgIpc) is 3.04. The number of amides is 2. The molecule has 2 heterocycles. The SMILES string of the molecule is CC(C)(C)C(=O)NCCCC(=O)N1CCN(Cc2cccs2)CC1. The van der Waals surface area contributed by atoms with Gasteiger partial charge in [-0.15, -0.1) is 11.3 Å². The summed E-state index contributed by atoms with van der Waals surface area (Å²) in [5, 5.41) is 5.00. The van der Waals surface area contributed by atoms with Gasteiger partial charge in [-0.1, -0.05) is 26.8 Å². The van der Waals surface area contributed by atoms with Crippen LogP contribution in [0.25, 0.3) is 0 Å². The number of hydrogen-bond acceptors (Lipinski definition) is 4. The van der Waals surface area contributed by atoms with Gasteiger partial charge in [0.1, 0.15) is 0 Å². The highest BCUT2D eigenvalue weighted by molar-refractivity contribution is 7.09. The van der Waals surface area contributed by atoms with Gasteiger partial charge in [0.25, 0.3) is 0 Å². The minimum absolute atomic E-state index is 0.0390. The Morgan fingerprint density at radius 1 is 1.21 bits per heavy atom. The molecule has 6 heteroatoms. The maximum atomic E-state index is 12.3. The molecule has 24 heavy (non-hydrogen) atoms. The summed E-state index contributed by atoms with van der Waals surface area (Å²) in [6.45, 7) is 10.7. The van der Waals surface area contributed by atoms with E-state index in [9.17, 15) is 9.59 Å². The van der Waals surface area contributed by atoms with E-state index in [1.807, 2.05) is 25.7 Å². The molecule has 1 saturated heterocycles. The summed E-state index contributed by atoms with van der Waals surface area (Å²) in [7, 11) is 0. The maximum Gasteiger partial charge on any atom is 0.225 e. The van der Waals surface area contributed by atoms with Crippen LogP contribution in [0.2, 0.25) is 0 Å². The van der Waals surface area contributed by atoms with Crippen molar-refractivity contribution < 1.29 is 9.59 Å². The second kappa shape index (κ2) is 8.62. The molecule has 0 radical (unpaired) electrons. The second-order valence-corrected chi connectivity index (χ2v) is 8.38. The molecular formula is C18H29N3O2S. The molecular weight excluding hydrogens is 322 g/mol. The number of piperazine rings is 1. The van der Waals surface area contributed by atoms with Gasteiger partial charge in [-0.3, -0.25) is 14.5 Å². The topological polar surface area (TPSA) is 52.7 Å². The minimum Gasteiger partial charge on any atom is -0.356 e. The Morgan fingerprint density at radius 3 is 2.50 bits per heavy atom. The van der Waals surface area contributed by atoms with Gasteiger partial charge >= 0.3 is 0 Å². The molecule has 0 aliphatic carbocycles. The zero-order chi connectivity index (χ0) is 17.6. The molecule has 0 bridgehead atoms. The molecule has 2 rings (SSSR count). The standard InChI is InChI=1S/C18H29N3O2S/c1-18(2,3)17(23)19-8-4-7-16(22)21-11-9-20(10-12-21)14-15-6-5-13-24-15/h5-6,13H,4,7-12,14H2,1-3H3,(H,19,23). The zero-order valence-corrected chi connectivity index (χ0v) is 15.8. The first-order chi connectivity index (χ1) is 11.4. The number of nitrogens with one attached hydrogen (secondary N) is 1. The van der Waals surface area contributed by atoms with Crippen LogP contribution in [0.3, 0.4) is 0 Å². The van der Waals surface area contributed by atoms with Crippen LogP contribution in [0.1, 0.15) is 38.5 Å². The van der Waals surface area contributed by atoms with Crippen LogP contribution in [0.4, 0.5) is 0 Å². The Labute approximate surface area is 149 Å². The zero-order valence-electron chi connectivity index (χ0n) is 15.0. The average molecular weight is 352 g/mol. The molecule has 1 aromatic heterocycles. The van der Waals surface area contributed by atoms with E-state index >= 15 is 0 Å². The van der Waals surface area contributed by atoms with Crippen molar-refractivity contribution in [2.45, 2.75) is 40.2 Å². The highest BCUT2D eigenvalue weighted by Crippen LogP contribution is 2.14. The monoisotopic (exact) mass is 351 g/mol. The van der Waals surface area contributed by atoms with Gasteiger partial charge in [0.2, 0.25) is 11.8 Å². The Balaban J connectivity index is 1.61. The summed E-state index contributed by atoms with van der Waals surface area (Å²) in [5.74, 6) is 0.243. The van der Waals surface area contributed by atoms with Crippen LogP contribution in [-0.2, 0) is 16.1 Å². The Morgan fingerprint density at radius 2 is 1.92 bits per heavy atom. The highest BCUT2D eigenvalue weighted by atomic mass is 32.1. The fourth-order valence-corrected chi connectivity index (χ4v) is 3.39. The van der Waals surface area contributed by atoms with Gasteiger partial charge in [0, 0.05) is 56.0 Å². The van der Waals surface area contributed by atoms with Crippen molar-refractivity contribution in [2.24, 2.45) is 5.41 Å². The van der Waals surface area contributed by atoms with E-state index in [0.29, 0.717) is 19.4 Å². The van der Waals surface area contributed by atoms with Crippen molar-refractivity contribution in [1.82, 2.24) is 15.1 Å². The van der Waals surface area contributed by atoms with Crippen LogP contribution >= 0.6 is 11.3 Å². The molecule has 0 atom stereocenters. The molecule has 1 N–H and O–H groups in total. The van der Waals surface area contributed by atoms with Gasteiger partial charge in [-0.05, 0) is 17.9 Å². The van der Waals surface area contributed by atoms with E-state index in [4.69, 9.17) is 0 Å². The van der Waals surface area contributed by atoms with Crippen molar-refractivity contribution in [2.75, 3.05) is 32.7 Å². The Hall–Kier alpha value is -1.40. The number of nitrogens with zero attached hydrogens (tertiary/aromatic N) is 2. The van der Waals surface area contributed by atoms with Gasteiger partial charge in [0.15, 0.2) is 0 Å². The molecule has 0 saturated carbocycles. The molecule has 0 unspecified atom stereocenters. The summed E-state index contributed by atoms with van der Waals surface area (Å²) in [4.78, 5) is 29.8. The summed E-state index contributed by atoms with van der Waals surface area (Å²) < 4.78 is 0. The number of hydrogen-bond donors (Lipinski definition) is 1. The number of carbonyl (C=O) groups is 2. The predicted octanol–water partition coefficient (Wildman–Crippen LogP) is 2.33. The van der Waals surface area contributed by atoms with Crippen LogP contribution in [-0.4, -0.2) is 54.3 Å². The van der Waals surface area contributed by atoms with Gasteiger partial charge < -0.3 is 10.2 Å². The van der Waals surface area contributed by atoms with E-state index in [1.54, 1.807) is 11.3 Å². The van der Waals surface area contributed by atoms with E-state index in [2.05, 4.69) is 27.7 Å². The molecule has 1 aliphatic rings. The first-order valence-corrected chi connectivity index (χ1v) is 9.55. The molecule has 2 amide bonds. The van der Waals surface area contributed by atoms with Crippen molar-refractivity contribution >= 4 is 23.2 Å². The van der Waals surface area contributed by atoms with Gasteiger partial charge in [-0.25, -0.2) is 0 Å². The normalized spacial score (nSPS) is 16.2. The summed E-state index contributed by atoms with van der Waals surface area (Å²) in [5.41, 5.74) is -0.372. The highest BCUT2D eigenvalue weighted by Gasteiger charge is 2.22. The lowest BCUT2D eigenvalue weighted by molar-refractivity contribution is -0.133. The van der Waals surface area contributed by atoms with E-state index in [-0.39, 0.29) is 17.2 Å². The molecule has 134 valence electrons. The lowest BCUT2D eigenvalue weighted by Gasteiger charge is -2.34. The molecule has 0 spiro atoms. The van der Waals surface area contributed by atoms with Crippen molar-refractivity contribution in [3.8, 4) is 0 Å². The predicted molar refractivity (Wildman–Crippen MR) is 97.9 cm³/mol. The van der Waals surface area contributed by atoms with E-state index in [1.165, 1.54) is 4.88 Å². The number of carbonyl (C=O) groups excluding carboxylic acids is 2. The van der Waals surface area contributed by atoms with E-state index in [0.717, 1.165) is 32.7 Å². The maximum absolute atomic E-state index is 12.3. The Kier molecular flexibility index (Phi) is 6.80. The fourth-order valence-electron chi connectivity index (χ4n) is 2.64. The second-order valence-electron chi connectivity index (χ2n) is 7.35. The lowest BCUT2D eigenvalue weighted by Crippen LogP contribution is -2.48. The third-order valence-corrected chi connectivity index (χ3v) is 5.08. The van der Waals surface area contributed by atoms with E-state index < -0.39 is 0 Å². The van der Waals surface area contributed by atoms with Gasteiger partial charge in [0.05, 0.1) is 0 Å². The number of thiophene rings is 1. The summed E-state index contributed by atoms with van der Waals surface area (Å²) in [6.07, 6.45) is 1.21. The van der Waals surface area contributed by atoms with Crippen LogP contribution in [0, 0.1) is 5.41 Å². The third-order valence-electron chi connectivity index (χ3n) is 4.22. The molecule has 1 aromatic rings. The minimum atomic E-state index is -0.372. The third kappa shape index (κ3) is 5.91. The van der Waals surface area contributed by atoms with Crippen molar-refractivity contribution in [3.05, 3.63) is 22.4 Å². The van der Waals surface area contributed by atoms with Crippen molar-refractivity contribution in [1.29, 1.82) is 0 Å². The molecule has 5 nitrogen and oxygen atoms in total. The first kappa shape index (κ1) is 18.9.